The molecule has 0 fully saturated rings. The van der Waals surface area contributed by atoms with Crippen molar-refractivity contribution in [3.63, 3.8) is 0 Å². The molecule has 0 radical (unpaired) electrons. The van der Waals surface area contributed by atoms with Gasteiger partial charge in [0.2, 0.25) is 0 Å². The van der Waals surface area contributed by atoms with E-state index in [2.05, 4.69) is 9.73 Å². The maximum absolute atomic E-state index is 13.6. The lowest BCUT2D eigenvalue weighted by molar-refractivity contribution is -0.201. The average Bonchev–Trinajstić information content (AvgIpc) is 3.00. The van der Waals surface area contributed by atoms with E-state index >= 15 is 0 Å². The fraction of sp³-hybridized carbons (Fsp3) is 0.148. The largest absolute Gasteiger partial charge is 0.491 e. The minimum Gasteiger partial charge on any atom is -0.386 e. The van der Waals surface area contributed by atoms with Crippen molar-refractivity contribution >= 4 is 46.8 Å². The number of esters is 2. The molecule has 13 heteroatoms. The van der Waals surface area contributed by atoms with Gasteiger partial charge in [-0.3, -0.25) is 19.3 Å². The SMILES string of the molecule is NC(N)=Nc1cccc(-c2ccc3c(c2)C(=O)N(CCC(=O)OC(=O)C(F)(F)F)CC(=O)N3c2ccccc2)c1. The van der Waals surface area contributed by atoms with Crippen LogP contribution in [0.15, 0.2) is 77.8 Å². The van der Waals surface area contributed by atoms with Crippen molar-refractivity contribution in [2.45, 2.75) is 12.6 Å². The topological polar surface area (TPSA) is 148 Å². The van der Waals surface area contributed by atoms with Gasteiger partial charge in [-0.05, 0) is 47.5 Å². The van der Waals surface area contributed by atoms with Gasteiger partial charge in [-0.15, -0.1) is 0 Å². The molecule has 3 aromatic carbocycles. The van der Waals surface area contributed by atoms with Crippen LogP contribution in [0.3, 0.4) is 0 Å². The second-order valence-electron chi connectivity index (χ2n) is 8.62. The monoisotopic (exact) mass is 553 g/mol. The molecule has 0 saturated carbocycles. The lowest BCUT2D eigenvalue weighted by Crippen LogP contribution is -2.39. The van der Waals surface area contributed by atoms with Crippen LogP contribution in [0.1, 0.15) is 16.8 Å². The standard InChI is InChI=1S/C27H22F3N5O5/c28-27(29,30)25(39)40-23(37)11-12-34-15-22(36)35(19-7-2-1-3-8-19)21-10-9-17(14-20(21)24(34)38)16-5-4-6-18(13-16)33-26(31)32/h1-10,13-14H,11-12,15H2,(H4,31,32,33). The summed E-state index contributed by atoms with van der Waals surface area (Å²) in [5.41, 5.74) is 13.5. The zero-order chi connectivity index (χ0) is 29.0. The summed E-state index contributed by atoms with van der Waals surface area (Å²) in [5.74, 6) is -5.47. The number of aliphatic imine (C=N–C) groups is 1. The maximum Gasteiger partial charge on any atom is 0.491 e. The van der Waals surface area contributed by atoms with Gasteiger partial charge in [0.05, 0.1) is 23.4 Å². The van der Waals surface area contributed by atoms with Gasteiger partial charge in [0, 0.05) is 12.2 Å². The average molecular weight is 553 g/mol. The van der Waals surface area contributed by atoms with Crippen LogP contribution in [0, 0.1) is 0 Å². The number of nitrogens with zero attached hydrogens (tertiary/aromatic N) is 3. The molecule has 0 unspecified atom stereocenters. The number of carbonyl (C=O) groups excluding carboxylic acids is 4. The predicted octanol–water partition coefficient (Wildman–Crippen LogP) is 3.40. The Labute approximate surface area is 225 Å². The summed E-state index contributed by atoms with van der Waals surface area (Å²) in [4.78, 5) is 56.3. The molecule has 1 aliphatic rings. The van der Waals surface area contributed by atoms with E-state index in [1.807, 2.05) is 0 Å². The summed E-state index contributed by atoms with van der Waals surface area (Å²) >= 11 is 0. The summed E-state index contributed by atoms with van der Waals surface area (Å²) < 4.78 is 41.1. The van der Waals surface area contributed by atoms with E-state index in [0.717, 1.165) is 4.90 Å². The number of amides is 2. The van der Waals surface area contributed by atoms with Crippen molar-refractivity contribution in [2.24, 2.45) is 16.5 Å². The molecule has 2 amide bonds. The summed E-state index contributed by atoms with van der Waals surface area (Å²) in [6.45, 7) is -0.959. The molecule has 0 atom stereocenters. The van der Waals surface area contributed by atoms with E-state index in [1.54, 1.807) is 72.8 Å². The molecular formula is C27H22F3N5O5. The van der Waals surface area contributed by atoms with Crippen molar-refractivity contribution in [3.05, 3.63) is 78.4 Å². The Morgan fingerprint density at radius 3 is 2.30 bits per heavy atom. The van der Waals surface area contributed by atoms with E-state index < -0.39 is 49.4 Å². The molecule has 0 aromatic heterocycles. The number of fused-ring (bicyclic) bond motifs is 1. The Kier molecular flexibility index (Phi) is 7.84. The molecule has 1 heterocycles. The van der Waals surface area contributed by atoms with Gasteiger partial charge < -0.3 is 21.1 Å². The van der Waals surface area contributed by atoms with Gasteiger partial charge >= 0.3 is 18.1 Å². The van der Waals surface area contributed by atoms with E-state index in [-0.39, 0.29) is 17.2 Å². The first-order valence-corrected chi connectivity index (χ1v) is 11.8. The lowest BCUT2D eigenvalue weighted by atomic mass is 10.00. The molecular weight excluding hydrogens is 531 g/mol. The number of benzene rings is 3. The minimum absolute atomic E-state index is 0.0965. The number of hydrogen-bond acceptors (Lipinski definition) is 6. The number of guanidine groups is 1. The highest BCUT2D eigenvalue weighted by Gasteiger charge is 2.42. The quantitative estimate of drug-likeness (QED) is 0.206. The van der Waals surface area contributed by atoms with Crippen molar-refractivity contribution in [1.82, 2.24) is 4.90 Å². The Bertz CT molecular complexity index is 1500. The predicted molar refractivity (Wildman–Crippen MR) is 139 cm³/mol. The molecule has 0 spiro atoms. The fourth-order valence-corrected chi connectivity index (χ4v) is 4.08. The highest BCUT2D eigenvalue weighted by molar-refractivity contribution is 6.13. The Morgan fingerprint density at radius 2 is 1.62 bits per heavy atom. The van der Waals surface area contributed by atoms with Crippen molar-refractivity contribution in [1.29, 1.82) is 0 Å². The van der Waals surface area contributed by atoms with Crippen molar-refractivity contribution in [2.75, 3.05) is 18.0 Å². The van der Waals surface area contributed by atoms with Gasteiger partial charge in [-0.25, -0.2) is 9.79 Å². The Morgan fingerprint density at radius 1 is 0.925 bits per heavy atom. The van der Waals surface area contributed by atoms with Crippen LogP contribution in [-0.4, -0.2) is 53.9 Å². The summed E-state index contributed by atoms with van der Waals surface area (Å²) in [7, 11) is 0. The number of nitrogens with two attached hydrogens (primary N) is 2. The molecule has 10 nitrogen and oxygen atoms in total. The van der Waals surface area contributed by atoms with Crippen LogP contribution in [0.4, 0.5) is 30.2 Å². The van der Waals surface area contributed by atoms with Crippen LogP contribution in [0.2, 0.25) is 0 Å². The van der Waals surface area contributed by atoms with Gasteiger partial charge in [-0.2, -0.15) is 13.2 Å². The zero-order valence-electron chi connectivity index (χ0n) is 20.7. The van der Waals surface area contributed by atoms with Crippen LogP contribution in [-0.2, 0) is 19.1 Å². The van der Waals surface area contributed by atoms with Crippen LogP contribution < -0.4 is 16.4 Å². The van der Waals surface area contributed by atoms with E-state index in [9.17, 15) is 32.3 Å². The number of alkyl halides is 3. The van der Waals surface area contributed by atoms with Crippen molar-refractivity contribution < 1.29 is 37.1 Å². The number of halogens is 3. The second-order valence-corrected chi connectivity index (χ2v) is 8.62. The van der Waals surface area contributed by atoms with Crippen LogP contribution in [0.5, 0.6) is 0 Å². The van der Waals surface area contributed by atoms with Gasteiger partial charge in [-0.1, -0.05) is 36.4 Å². The number of hydrogen-bond donors (Lipinski definition) is 2. The first-order chi connectivity index (χ1) is 18.9. The number of ether oxygens (including phenoxy) is 1. The van der Waals surface area contributed by atoms with Crippen LogP contribution >= 0.6 is 0 Å². The van der Waals surface area contributed by atoms with Gasteiger partial charge in [0.25, 0.3) is 11.8 Å². The number of carbonyl (C=O) groups is 4. The molecule has 0 saturated heterocycles. The third-order valence-corrected chi connectivity index (χ3v) is 5.81. The first kappa shape index (κ1) is 27.8. The molecule has 206 valence electrons. The molecule has 3 aromatic rings. The number of rotatable bonds is 6. The highest BCUT2D eigenvalue weighted by Crippen LogP contribution is 2.36. The van der Waals surface area contributed by atoms with Gasteiger partial charge in [0.15, 0.2) is 5.96 Å². The number of anilines is 2. The Hall–Kier alpha value is -5.20. The zero-order valence-corrected chi connectivity index (χ0v) is 20.7. The lowest BCUT2D eigenvalue weighted by Gasteiger charge is -2.23. The minimum atomic E-state index is -5.35. The smallest absolute Gasteiger partial charge is 0.386 e. The first-order valence-electron chi connectivity index (χ1n) is 11.8. The fourth-order valence-electron chi connectivity index (χ4n) is 4.08. The third-order valence-electron chi connectivity index (χ3n) is 5.81. The molecule has 40 heavy (non-hydrogen) atoms. The summed E-state index contributed by atoms with van der Waals surface area (Å²) in [6.07, 6.45) is -6.10. The molecule has 0 aliphatic carbocycles. The van der Waals surface area contributed by atoms with E-state index in [0.29, 0.717) is 22.5 Å². The normalized spacial score (nSPS) is 13.4. The number of para-hydroxylation sites is 1. The summed E-state index contributed by atoms with van der Waals surface area (Å²) in [6, 6.07) is 20.2. The molecule has 0 bridgehead atoms. The molecule has 4 N–H and O–H groups in total. The van der Waals surface area contributed by atoms with Gasteiger partial charge in [0.1, 0.15) is 6.54 Å². The molecule has 1 aliphatic heterocycles. The third kappa shape index (κ3) is 6.26. The van der Waals surface area contributed by atoms with E-state index in [1.165, 1.54) is 4.90 Å². The highest BCUT2D eigenvalue weighted by atomic mass is 19.4. The molecule has 4 rings (SSSR count). The van der Waals surface area contributed by atoms with E-state index in [4.69, 9.17) is 11.5 Å². The second kappa shape index (κ2) is 11.3. The maximum atomic E-state index is 13.6. The van der Waals surface area contributed by atoms with Crippen molar-refractivity contribution in [3.8, 4) is 11.1 Å². The van der Waals surface area contributed by atoms with Crippen LogP contribution in [0.25, 0.3) is 11.1 Å². The Balaban J connectivity index is 1.71. The summed E-state index contributed by atoms with van der Waals surface area (Å²) in [5, 5.41) is 0.